The third kappa shape index (κ3) is 9.32. The molecule has 0 aliphatic heterocycles. The normalized spacial score (nSPS) is 10.3. The van der Waals surface area contributed by atoms with Crippen LogP contribution in [0, 0.1) is 12.0 Å². The first kappa shape index (κ1) is 11.3. The van der Waals surface area contributed by atoms with Gasteiger partial charge in [0.05, 0.1) is 0 Å². The van der Waals surface area contributed by atoms with Gasteiger partial charge in [-0.05, 0) is 27.2 Å². The summed E-state index contributed by atoms with van der Waals surface area (Å²) >= 11 is 0. The Morgan fingerprint density at radius 3 is 2.42 bits per heavy atom. The second-order valence-corrected chi connectivity index (χ2v) is 3.66. The van der Waals surface area contributed by atoms with Gasteiger partial charge in [0, 0.05) is 6.42 Å². The van der Waals surface area contributed by atoms with E-state index in [0.717, 1.165) is 19.3 Å². The highest BCUT2D eigenvalue weighted by Gasteiger charge is 2.10. The van der Waals surface area contributed by atoms with E-state index in [1.54, 1.807) is 0 Å². The zero-order valence-corrected chi connectivity index (χ0v) is 8.44. The molecule has 0 spiro atoms. The summed E-state index contributed by atoms with van der Waals surface area (Å²) in [6.45, 7) is 7.89. The minimum atomic E-state index is -0.278. The van der Waals surface area contributed by atoms with Gasteiger partial charge in [0.25, 0.3) is 0 Å². The predicted octanol–water partition coefficient (Wildman–Crippen LogP) is 2.88. The van der Waals surface area contributed by atoms with E-state index in [1.165, 1.54) is 0 Å². The van der Waals surface area contributed by atoms with Crippen LogP contribution in [0.4, 0.5) is 0 Å². The molecular weight excluding hydrogens is 152 g/mol. The third-order valence-corrected chi connectivity index (χ3v) is 1.06. The maximum atomic E-state index is 4.94. The molecule has 0 N–H and O–H groups in total. The number of rotatable bonds is 3. The Balaban J connectivity index is 3.33. The van der Waals surface area contributed by atoms with Gasteiger partial charge in [-0.1, -0.05) is 19.3 Å². The topological polar surface area (TPSA) is 18.5 Å². The molecule has 0 amide bonds. The van der Waals surface area contributed by atoms with Gasteiger partial charge in [-0.15, -0.1) is 0 Å². The maximum absolute atomic E-state index is 4.94. The molecule has 2 nitrogen and oxygen atoms in total. The van der Waals surface area contributed by atoms with Crippen LogP contribution in [-0.2, 0) is 9.78 Å². The average Bonchev–Trinajstić information content (AvgIpc) is 1.94. The quantitative estimate of drug-likeness (QED) is 0.280. The second-order valence-electron chi connectivity index (χ2n) is 3.66. The molecule has 0 atom stereocenters. The molecule has 0 aromatic heterocycles. The van der Waals surface area contributed by atoms with Gasteiger partial charge >= 0.3 is 0 Å². The molecule has 0 saturated heterocycles. The standard InChI is InChI=1S/C10H18O2/c1-5-6-7-8-9-11-12-10(2,3)4/h5-7H2,1-4H3. The van der Waals surface area contributed by atoms with Crippen LogP contribution in [0.15, 0.2) is 0 Å². The van der Waals surface area contributed by atoms with E-state index in [-0.39, 0.29) is 5.60 Å². The van der Waals surface area contributed by atoms with E-state index in [1.807, 2.05) is 20.8 Å². The minimum Gasteiger partial charge on any atom is -0.282 e. The van der Waals surface area contributed by atoms with Crippen molar-refractivity contribution in [2.45, 2.75) is 52.6 Å². The highest BCUT2D eigenvalue weighted by atomic mass is 17.2. The van der Waals surface area contributed by atoms with E-state index in [0.29, 0.717) is 0 Å². The van der Waals surface area contributed by atoms with Gasteiger partial charge in [-0.25, -0.2) is 0 Å². The van der Waals surface area contributed by atoms with Gasteiger partial charge in [0.1, 0.15) is 5.60 Å². The lowest BCUT2D eigenvalue weighted by Gasteiger charge is -2.13. The fraction of sp³-hybridized carbons (Fsp3) is 0.800. The molecule has 0 radical (unpaired) electrons. The molecular formula is C10H18O2. The second kappa shape index (κ2) is 5.91. The molecule has 0 heterocycles. The zero-order chi connectivity index (χ0) is 9.45. The Labute approximate surface area is 75.2 Å². The molecule has 0 rings (SSSR count). The van der Waals surface area contributed by atoms with E-state index in [2.05, 4.69) is 23.8 Å². The largest absolute Gasteiger partial charge is 0.282 e. The molecule has 0 aliphatic rings. The Morgan fingerprint density at radius 1 is 1.25 bits per heavy atom. The monoisotopic (exact) mass is 170 g/mol. The molecule has 0 aliphatic carbocycles. The maximum Gasteiger partial charge on any atom is 0.157 e. The van der Waals surface area contributed by atoms with Crippen LogP contribution < -0.4 is 0 Å². The molecule has 0 aromatic carbocycles. The van der Waals surface area contributed by atoms with Crippen molar-refractivity contribution in [1.29, 1.82) is 0 Å². The summed E-state index contributed by atoms with van der Waals surface area (Å²) in [5, 5.41) is 0. The lowest BCUT2D eigenvalue weighted by molar-refractivity contribution is -0.300. The Kier molecular flexibility index (Phi) is 5.57. The van der Waals surface area contributed by atoms with E-state index < -0.39 is 0 Å². The lowest BCUT2D eigenvalue weighted by Crippen LogP contribution is -2.17. The lowest BCUT2D eigenvalue weighted by atomic mass is 10.2. The average molecular weight is 170 g/mol. The van der Waals surface area contributed by atoms with Crippen LogP contribution in [0.25, 0.3) is 0 Å². The molecule has 0 aromatic rings. The van der Waals surface area contributed by atoms with E-state index in [9.17, 15) is 0 Å². The summed E-state index contributed by atoms with van der Waals surface area (Å²) in [5.41, 5.74) is -0.278. The number of unbranched alkanes of at least 4 members (excludes halogenated alkanes) is 2. The van der Waals surface area contributed by atoms with Crippen LogP contribution in [0.3, 0.4) is 0 Å². The molecule has 12 heavy (non-hydrogen) atoms. The van der Waals surface area contributed by atoms with Crippen LogP contribution in [0.5, 0.6) is 0 Å². The minimum absolute atomic E-state index is 0.278. The van der Waals surface area contributed by atoms with Crippen LogP contribution in [0.1, 0.15) is 47.0 Å². The summed E-state index contributed by atoms with van der Waals surface area (Å²) in [6, 6.07) is 0. The molecule has 2 heteroatoms. The number of hydrogen-bond donors (Lipinski definition) is 0. The van der Waals surface area contributed by atoms with Gasteiger partial charge in [0.2, 0.25) is 0 Å². The Morgan fingerprint density at radius 2 is 1.92 bits per heavy atom. The summed E-state index contributed by atoms with van der Waals surface area (Å²) in [7, 11) is 0. The summed E-state index contributed by atoms with van der Waals surface area (Å²) in [4.78, 5) is 9.62. The Bertz CT molecular complexity index is 157. The first-order valence-electron chi connectivity index (χ1n) is 4.39. The van der Waals surface area contributed by atoms with Crippen molar-refractivity contribution >= 4 is 0 Å². The van der Waals surface area contributed by atoms with Crippen LogP contribution in [0.2, 0.25) is 0 Å². The molecule has 0 fully saturated rings. The van der Waals surface area contributed by atoms with Gasteiger partial charge in [-0.3, -0.25) is 4.89 Å². The van der Waals surface area contributed by atoms with Gasteiger partial charge in [-0.2, -0.15) is 4.89 Å². The van der Waals surface area contributed by atoms with Crippen molar-refractivity contribution in [1.82, 2.24) is 0 Å². The van der Waals surface area contributed by atoms with Crippen molar-refractivity contribution in [3.8, 4) is 12.0 Å². The van der Waals surface area contributed by atoms with Crippen LogP contribution in [-0.4, -0.2) is 5.60 Å². The van der Waals surface area contributed by atoms with Crippen molar-refractivity contribution in [3.63, 3.8) is 0 Å². The Hall–Kier alpha value is -0.680. The zero-order valence-electron chi connectivity index (χ0n) is 8.44. The molecule has 0 bridgehead atoms. The smallest absolute Gasteiger partial charge is 0.157 e. The highest BCUT2D eigenvalue weighted by molar-refractivity contribution is 4.90. The summed E-state index contributed by atoms with van der Waals surface area (Å²) < 4.78 is 0. The van der Waals surface area contributed by atoms with Crippen molar-refractivity contribution in [2.75, 3.05) is 0 Å². The molecule has 0 saturated carbocycles. The van der Waals surface area contributed by atoms with E-state index in [4.69, 9.17) is 4.89 Å². The third-order valence-electron chi connectivity index (χ3n) is 1.06. The first-order chi connectivity index (χ1) is 5.56. The van der Waals surface area contributed by atoms with Crippen LogP contribution >= 0.6 is 0 Å². The summed E-state index contributed by atoms with van der Waals surface area (Å²) in [6.07, 6.45) is 5.66. The fourth-order valence-electron chi connectivity index (χ4n) is 0.491. The fourth-order valence-corrected chi connectivity index (χ4v) is 0.491. The molecule has 70 valence electrons. The first-order valence-corrected chi connectivity index (χ1v) is 4.39. The van der Waals surface area contributed by atoms with Gasteiger partial charge < -0.3 is 0 Å². The molecule has 0 unspecified atom stereocenters. The van der Waals surface area contributed by atoms with Crippen molar-refractivity contribution < 1.29 is 9.78 Å². The highest BCUT2D eigenvalue weighted by Crippen LogP contribution is 2.05. The van der Waals surface area contributed by atoms with Crippen molar-refractivity contribution in [3.05, 3.63) is 0 Å². The van der Waals surface area contributed by atoms with Gasteiger partial charge in [0.15, 0.2) is 6.11 Å². The SMILES string of the molecule is CCCCC#COOC(C)(C)C. The van der Waals surface area contributed by atoms with E-state index >= 15 is 0 Å². The van der Waals surface area contributed by atoms with Crippen molar-refractivity contribution in [2.24, 2.45) is 0 Å². The predicted molar refractivity (Wildman–Crippen MR) is 49.2 cm³/mol. The summed E-state index contributed by atoms with van der Waals surface area (Å²) in [5.74, 6) is 2.86. The number of hydrogen-bond acceptors (Lipinski definition) is 2.